The molecule has 0 aromatic heterocycles. The molecule has 2 atom stereocenters. The monoisotopic (exact) mass is 546 g/mol. The average Bonchev–Trinajstić information content (AvgIpc) is 2.81. The molecule has 2 saturated heterocycles. The second kappa shape index (κ2) is 11.2. The maximum Gasteiger partial charge on any atom is 0.299 e. The summed E-state index contributed by atoms with van der Waals surface area (Å²) in [5.41, 5.74) is 1.58. The Hall–Kier alpha value is -2.65. The first-order valence-corrected chi connectivity index (χ1v) is 14.4. The Morgan fingerprint density at radius 3 is 2.24 bits per heavy atom. The number of ether oxygens (including phenoxy) is 1. The Labute approximate surface area is 228 Å². The number of hydrogen-bond acceptors (Lipinski definition) is 6. The maximum absolute atomic E-state index is 14.2. The molecular formula is C29H43FN4O3S. The molecule has 0 spiro atoms. The number of nitrogens with zero attached hydrogens (tertiary/aromatic N) is 3. The third kappa shape index (κ3) is 6.67. The van der Waals surface area contributed by atoms with Crippen LogP contribution in [-0.2, 0) is 21.2 Å². The van der Waals surface area contributed by atoms with Crippen molar-refractivity contribution in [3.63, 3.8) is 0 Å². The van der Waals surface area contributed by atoms with Gasteiger partial charge in [0.2, 0.25) is 10.0 Å². The normalized spacial score (nSPS) is 23.2. The molecule has 0 aliphatic carbocycles. The van der Waals surface area contributed by atoms with Gasteiger partial charge in [-0.1, -0.05) is 37.8 Å². The Morgan fingerprint density at radius 1 is 1.08 bits per heavy atom. The quantitative estimate of drug-likeness (QED) is 0.562. The molecule has 2 aliphatic heterocycles. The third-order valence-electron chi connectivity index (χ3n) is 7.36. The summed E-state index contributed by atoms with van der Waals surface area (Å²) in [5, 5.41) is -0.816. The van der Waals surface area contributed by atoms with Gasteiger partial charge in [-0.05, 0) is 71.7 Å². The second-order valence-corrected chi connectivity index (χ2v) is 13.4. The van der Waals surface area contributed by atoms with Crippen molar-refractivity contribution < 1.29 is 17.5 Å². The van der Waals surface area contributed by atoms with E-state index in [2.05, 4.69) is 52.4 Å². The zero-order valence-electron chi connectivity index (χ0n) is 22.7. The molecule has 7 nitrogen and oxygen atoms in total. The van der Waals surface area contributed by atoms with Gasteiger partial charge in [-0.25, -0.2) is 22.5 Å². The number of rotatable bonds is 5. The maximum atomic E-state index is 14.2. The summed E-state index contributed by atoms with van der Waals surface area (Å²) in [5.74, 6) is -0.394. The van der Waals surface area contributed by atoms with E-state index in [1.807, 2.05) is 12.1 Å². The van der Waals surface area contributed by atoms with Gasteiger partial charge in [-0.15, -0.1) is 0 Å². The third-order valence-corrected chi connectivity index (χ3v) is 9.30. The minimum atomic E-state index is -3.78. The molecule has 0 amide bonds. The summed E-state index contributed by atoms with van der Waals surface area (Å²) >= 11 is 0. The van der Waals surface area contributed by atoms with Crippen LogP contribution in [0.15, 0.2) is 53.5 Å². The molecule has 0 radical (unpaired) electrons. The van der Waals surface area contributed by atoms with E-state index >= 15 is 0 Å². The van der Waals surface area contributed by atoms with Gasteiger partial charge in [-0.2, -0.15) is 0 Å². The molecule has 2 aromatic rings. The number of aliphatic imine (C=N–C) groups is 1. The van der Waals surface area contributed by atoms with E-state index in [-0.39, 0.29) is 19.0 Å². The van der Waals surface area contributed by atoms with Gasteiger partial charge in [-0.3, -0.25) is 4.90 Å². The molecule has 0 saturated carbocycles. The summed E-state index contributed by atoms with van der Waals surface area (Å²) in [7, 11) is -3.78. The Morgan fingerprint density at radius 2 is 1.68 bits per heavy atom. The number of piperazine rings is 1. The molecule has 2 aliphatic rings. The van der Waals surface area contributed by atoms with Crippen molar-refractivity contribution >= 4 is 21.7 Å². The van der Waals surface area contributed by atoms with E-state index in [0.717, 1.165) is 37.4 Å². The SMILES string of the molecule is C.C[C@H](N=C1NS(=O)(=O)[C@H](Cc2ccc(N3CCN(C(C)(C)C)CC3)cc2)C(C)(C)O1)c1ccccc1F. The molecular weight excluding hydrogens is 503 g/mol. The molecule has 210 valence electrons. The van der Waals surface area contributed by atoms with E-state index < -0.39 is 32.7 Å². The number of halogens is 1. The van der Waals surface area contributed by atoms with Gasteiger partial charge in [0, 0.05) is 43.0 Å². The lowest BCUT2D eigenvalue weighted by atomic mass is 9.97. The first kappa shape index (κ1) is 29.9. The van der Waals surface area contributed by atoms with E-state index in [1.165, 1.54) is 6.07 Å². The summed E-state index contributed by atoms with van der Waals surface area (Å²) in [6.07, 6.45) is 0.302. The fraction of sp³-hybridized carbons (Fsp3) is 0.552. The molecule has 1 N–H and O–H groups in total. The number of anilines is 1. The van der Waals surface area contributed by atoms with Crippen LogP contribution in [0.3, 0.4) is 0 Å². The molecule has 4 rings (SSSR count). The number of hydrogen-bond donors (Lipinski definition) is 1. The minimum absolute atomic E-state index is 0. The van der Waals surface area contributed by atoms with Gasteiger partial charge in [0.1, 0.15) is 16.7 Å². The van der Waals surface area contributed by atoms with E-state index in [0.29, 0.717) is 12.0 Å². The molecule has 0 bridgehead atoms. The fourth-order valence-electron chi connectivity index (χ4n) is 5.06. The molecule has 2 fully saturated rings. The van der Waals surface area contributed by atoms with Crippen molar-refractivity contribution in [2.45, 2.75) is 77.8 Å². The highest BCUT2D eigenvalue weighted by Crippen LogP contribution is 2.31. The number of benzene rings is 2. The van der Waals surface area contributed by atoms with E-state index in [4.69, 9.17) is 4.74 Å². The van der Waals surface area contributed by atoms with Crippen molar-refractivity contribution in [1.82, 2.24) is 9.62 Å². The lowest BCUT2D eigenvalue weighted by Gasteiger charge is -2.43. The van der Waals surface area contributed by atoms with Crippen LogP contribution in [0, 0.1) is 5.82 Å². The van der Waals surface area contributed by atoms with Crippen LogP contribution in [0.2, 0.25) is 0 Å². The van der Waals surface area contributed by atoms with Gasteiger partial charge in [0.25, 0.3) is 6.02 Å². The van der Waals surface area contributed by atoms with Crippen LogP contribution < -0.4 is 9.62 Å². The highest BCUT2D eigenvalue weighted by molar-refractivity contribution is 7.90. The smallest absolute Gasteiger partial charge is 0.299 e. The van der Waals surface area contributed by atoms with Crippen LogP contribution in [0.1, 0.15) is 66.1 Å². The van der Waals surface area contributed by atoms with Crippen molar-refractivity contribution in [2.75, 3.05) is 31.1 Å². The van der Waals surface area contributed by atoms with Crippen molar-refractivity contribution in [3.8, 4) is 0 Å². The fourth-order valence-corrected chi connectivity index (χ4v) is 6.75. The van der Waals surface area contributed by atoms with Gasteiger partial charge < -0.3 is 9.64 Å². The number of sulfonamides is 1. The van der Waals surface area contributed by atoms with E-state index in [9.17, 15) is 12.8 Å². The average molecular weight is 547 g/mol. The Bertz CT molecular complexity index is 1230. The largest absolute Gasteiger partial charge is 0.457 e. The Kier molecular flexibility index (Phi) is 8.83. The second-order valence-electron chi connectivity index (χ2n) is 11.5. The predicted octanol–water partition coefficient (Wildman–Crippen LogP) is 5.14. The zero-order chi connectivity index (χ0) is 27.0. The van der Waals surface area contributed by atoms with Crippen LogP contribution in [0.5, 0.6) is 0 Å². The van der Waals surface area contributed by atoms with Crippen molar-refractivity contribution in [3.05, 3.63) is 65.5 Å². The number of amidine groups is 1. The van der Waals surface area contributed by atoms with Gasteiger partial charge in [0.15, 0.2) is 0 Å². The van der Waals surface area contributed by atoms with Crippen molar-refractivity contribution in [1.29, 1.82) is 0 Å². The lowest BCUT2D eigenvalue weighted by molar-refractivity contribution is 0.0762. The van der Waals surface area contributed by atoms with E-state index in [1.54, 1.807) is 39.0 Å². The minimum Gasteiger partial charge on any atom is -0.457 e. The highest BCUT2D eigenvalue weighted by atomic mass is 32.2. The topological polar surface area (TPSA) is 74.2 Å². The summed E-state index contributed by atoms with van der Waals surface area (Å²) in [6, 6.07) is 13.7. The first-order chi connectivity index (χ1) is 17.3. The lowest BCUT2D eigenvalue weighted by Crippen LogP contribution is -2.59. The Balaban J connectivity index is 0.00000400. The summed E-state index contributed by atoms with van der Waals surface area (Å²) in [4.78, 5) is 9.21. The summed E-state index contributed by atoms with van der Waals surface area (Å²) in [6.45, 7) is 15.9. The van der Waals surface area contributed by atoms with Crippen LogP contribution in [0.4, 0.5) is 10.1 Å². The predicted molar refractivity (Wildman–Crippen MR) is 154 cm³/mol. The highest BCUT2D eigenvalue weighted by Gasteiger charge is 2.47. The molecule has 38 heavy (non-hydrogen) atoms. The molecule has 0 unspecified atom stereocenters. The van der Waals surface area contributed by atoms with Crippen LogP contribution in [-0.4, -0.2) is 61.9 Å². The number of nitrogens with one attached hydrogen (secondary N) is 1. The standard InChI is InChI=1S/C28H39FN4O3S.CH4/c1-20(23-9-7-8-10-24(23)29)30-26-31-37(34,35)25(28(5,6)36-26)19-21-11-13-22(14-12-21)32-15-17-33(18-16-32)27(2,3)4;/h7-14,20,25H,15-19H2,1-6H3,(H,30,31);1H4/t20-,25+;/m0./s1. The van der Waals surface area contributed by atoms with Crippen LogP contribution in [0.25, 0.3) is 0 Å². The van der Waals surface area contributed by atoms with Gasteiger partial charge in [0.05, 0.1) is 6.04 Å². The molecule has 9 heteroatoms. The molecule has 2 heterocycles. The summed E-state index contributed by atoms with van der Waals surface area (Å²) < 4.78 is 49.2. The van der Waals surface area contributed by atoms with Crippen molar-refractivity contribution in [2.24, 2.45) is 4.99 Å². The first-order valence-electron chi connectivity index (χ1n) is 12.9. The van der Waals surface area contributed by atoms with Crippen LogP contribution >= 0.6 is 0 Å². The molecule has 2 aromatic carbocycles. The zero-order valence-corrected chi connectivity index (χ0v) is 23.5. The van der Waals surface area contributed by atoms with Gasteiger partial charge >= 0.3 is 0 Å².